The highest BCUT2D eigenvalue weighted by Gasteiger charge is 2.32. The van der Waals surface area contributed by atoms with Gasteiger partial charge in [0.25, 0.3) is 0 Å². The van der Waals surface area contributed by atoms with Crippen molar-refractivity contribution in [1.29, 1.82) is 10.5 Å². The zero-order chi connectivity index (χ0) is 15.7. The van der Waals surface area contributed by atoms with Crippen LogP contribution in [0.5, 0.6) is 0 Å². The summed E-state index contributed by atoms with van der Waals surface area (Å²) in [6, 6.07) is 14.8. The van der Waals surface area contributed by atoms with E-state index in [0.717, 1.165) is 7.76 Å². The molecule has 3 rings (SSSR count). The number of fused-ring (bicyclic) bond motifs is 1. The molecule has 104 valence electrons. The Labute approximate surface area is 145 Å². The number of halogens is 1. The molecule has 1 aromatic carbocycles. The van der Waals surface area contributed by atoms with Gasteiger partial charge in [0.1, 0.15) is 17.7 Å². The Bertz CT molecular complexity index is 922. The van der Waals surface area contributed by atoms with Crippen LogP contribution < -0.4 is 0 Å². The molecule has 1 aromatic heterocycles. The van der Waals surface area contributed by atoms with Crippen molar-refractivity contribution in [2.75, 3.05) is 0 Å². The summed E-state index contributed by atoms with van der Waals surface area (Å²) in [7, 11) is 0. The summed E-state index contributed by atoms with van der Waals surface area (Å²) in [5.41, 5.74) is 2.02. The number of rotatable bonds is 1. The van der Waals surface area contributed by atoms with Crippen LogP contribution in [-0.4, -0.2) is 5.78 Å². The first kappa shape index (κ1) is 14.7. The number of hydrogen-bond donors (Lipinski definition) is 0. The van der Waals surface area contributed by atoms with Gasteiger partial charge >= 0.3 is 0 Å². The standard InChI is InChI=1S/C17H7IN2OS/c18-15-6-5-11(22-15)7-14-16(10(8-19)9-20)12-3-1-2-4-13(12)17(14)21/h1-7H/b14-7-. The van der Waals surface area contributed by atoms with E-state index in [0.29, 0.717) is 22.3 Å². The number of Topliss-reactive ketones (excluding diaryl/α,β-unsaturated/α-hetero) is 1. The lowest BCUT2D eigenvalue weighted by Crippen LogP contribution is -1.95. The molecule has 22 heavy (non-hydrogen) atoms. The zero-order valence-electron chi connectivity index (χ0n) is 11.1. The van der Waals surface area contributed by atoms with E-state index < -0.39 is 0 Å². The van der Waals surface area contributed by atoms with Crippen LogP contribution in [0.25, 0.3) is 11.6 Å². The molecule has 5 heteroatoms. The fourth-order valence-corrected chi connectivity index (χ4v) is 4.01. The Kier molecular flexibility index (Phi) is 3.93. The van der Waals surface area contributed by atoms with Crippen molar-refractivity contribution in [3.63, 3.8) is 0 Å². The van der Waals surface area contributed by atoms with Crippen molar-refractivity contribution in [3.05, 3.63) is 66.4 Å². The van der Waals surface area contributed by atoms with Crippen LogP contribution in [0.2, 0.25) is 0 Å². The van der Waals surface area contributed by atoms with E-state index in [1.54, 1.807) is 41.7 Å². The van der Waals surface area contributed by atoms with Crippen molar-refractivity contribution < 1.29 is 4.79 Å². The number of nitrogens with zero attached hydrogens (tertiary/aromatic N) is 2. The monoisotopic (exact) mass is 414 g/mol. The van der Waals surface area contributed by atoms with E-state index in [9.17, 15) is 15.3 Å². The van der Waals surface area contributed by atoms with Crippen LogP contribution in [0.15, 0.2) is 47.5 Å². The van der Waals surface area contributed by atoms with Gasteiger partial charge in [-0.3, -0.25) is 4.79 Å². The van der Waals surface area contributed by atoms with E-state index in [2.05, 4.69) is 22.6 Å². The fourth-order valence-electron chi connectivity index (χ4n) is 2.39. The molecule has 0 bridgehead atoms. The van der Waals surface area contributed by atoms with Gasteiger partial charge < -0.3 is 0 Å². The SMILES string of the molecule is N#CC(C#N)=C1/C(=C/c2ccc(I)s2)C(=O)c2ccccc21. The normalized spacial score (nSPS) is 14.6. The number of allylic oxidation sites excluding steroid dienone is 3. The van der Waals surface area contributed by atoms with Gasteiger partial charge in [-0.25, -0.2) is 0 Å². The van der Waals surface area contributed by atoms with E-state index in [-0.39, 0.29) is 11.4 Å². The summed E-state index contributed by atoms with van der Waals surface area (Å²) in [6.07, 6.45) is 1.76. The quantitative estimate of drug-likeness (QED) is 0.394. The van der Waals surface area contributed by atoms with Crippen molar-refractivity contribution in [2.45, 2.75) is 0 Å². The molecule has 2 aromatic rings. The Balaban J connectivity index is 2.29. The highest BCUT2D eigenvalue weighted by molar-refractivity contribution is 14.1. The second-order valence-corrected chi connectivity index (χ2v) is 7.56. The molecule has 0 atom stereocenters. The molecule has 0 N–H and O–H groups in total. The third kappa shape index (κ3) is 2.39. The molecule has 0 unspecified atom stereocenters. The number of carbonyl (C=O) groups excluding carboxylic acids is 1. The van der Waals surface area contributed by atoms with Crippen LogP contribution in [0.3, 0.4) is 0 Å². The highest BCUT2D eigenvalue weighted by atomic mass is 127. The number of hydrogen-bond acceptors (Lipinski definition) is 4. The molecule has 1 heterocycles. The van der Waals surface area contributed by atoms with Crippen LogP contribution in [0.4, 0.5) is 0 Å². The third-order valence-electron chi connectivity index (χ3n) is 3.31. The Morgan fingerprint density at radius 2 is 1.77 bits per heavy atom. The van der Waals surface area contributed by atoms with Crippen LogP contribution in [-0.2, 0) is 0 Å². The van der Waals surface area contributed by atoms with Gasteiger partial charge in [-0.1, -0.05) is 24.3 Å². The first-order valence-corrected chi connectivity index (χ1v) is 8.21. The second-order valence-electron chi connectivity index (χ2n) is 4.55. The minimum absolute atomic E-state index is 0.0317. The van der Waals surface area contributed by atoms with E-state index in [1.807, 2.05) is 24.3 Å². The van der Waals surface area contributed by atoms with Crippen molar-refractivity contribution in [2.24, 2.45) is 0 Å². The third-order valence-corrected chi connectivity index (χ3v) is 5.15. The average molecular weight is 414 g/mol. The predicted octanol–water partition coefficient (Wildman–Crippen LogP) is 4.43. The molecule has 3 nitrogen and oxygen atoms in total. The molecule has 1 aliphatic rings. The molecule has 0 aliphatic heterocycles. The van der Waals surface area contributed by atoms with Crippen molar-refractivity contribution >= 4 is 51.4 Å². The molecule has 0 spiro atoms. The summed E-state index contributed by atoms with van der Waals surface area (Å²) < 4.78 is 1.11. The maximum Gasteiger partial charge on any atom is 0.194 e. The lowest BCUT2D eigenvalue weighted by atomic mass is 9.99. The number of carbonyl (C=O) groups is 1. The molecule has 0 saturated heterocycles. The van der Waals surface area contributed by atoms with E-state index >= 15 is 0 Å². The van der Waals surface area contributed by atoms with Gasteiger partial charge in [0, 0.05) is 21.6 Å². The minimum Gasteiger partial charge on any atom is -0.289 e. The number of ketones is 1. The lowest BCUT2D eigenvalue weighted by Gasteiger charge is -2.00. The molecule has 0 saturated carbocycles. The smallest absolute Gasteiger partial charge is 0.194 e. The van der Waals surface area contributed by atoms with Crippen LogP contribution in [0.1, 0.15) is 20.8 Å². The van der Waals surface area contributed by atoms with Gasteiger partial charge in [0.05, 0.1) is 2.88 Å². The maximum absolute atomic E-state index is 12.6. The fraction of sp³-hybridized carbons (Fsp3) is 0. The summed E-state index contributed by atoms with van der Waals surface area (Å²) >= 11 is 3.77. The average Bonchev–Trinajstić information content (AvgIpc) is 3.06. The molecule has 0 radical (unpaired) electrons. The Morgan fingerprint density at radius 3 is 2.36 bits per heavy atom. The van der Waals surface area contributed by atoms with Crippen LogP contribution in [0, 0.1) is 25.5 Å². The van der Waals surface area contributed by atoms with Crippen molar-refractivity contribution in [1.82, 2.24) is 0 Å². The van der Waals surface area contributed by atoms with Crippen LogP contribution >= 0.6 is 33.9 Å². The molecule has 0 fully saturated rings. The van der Waals surface area contributed by atoms with Gasteiger partial charge in [0.15, 0.2) is 5.78 Å². The Hall–Kier alpha value is -2.22. The minimum atomic E-state index is -0.142. The van der Waals surface area contributed by atoms with E-state index in [4.69, 9.17) is 0 Å². The van der Waals surface area contributed by atoms with Gasteiger partial charge in [0.2, 0.25) is 0 Å². The number of thiophene rings is 1. The maximum atomic E-state index is 12.6. The molecule has 0 amide bonds. The first-order chi connectivity index (χ1) is 10.7. The first-order valence-electron chi connectivity index (χ1n) is 6.31. The largest absolute Gasteiger partial charge is 0.289 e. The number of nitriles is 2. The van der Waals surface area contributed by atoms with E-state index in [1.165, 1.54) is 0 Å². The van der Waals surface area contributed by atoms with Gasteiger partial charge in [-0.15, -0.1) is 11.3 Å². The Morgan fingerprint density at radius 1 is 1.09 bits per heavy atom. The highest BCUT2D eigenvalue weighted by Crippen LogP contribution is 2.40. The zero-order valence-corrected chi connectivity index (χ0v) is 14.1. The summed E-state index contributed by atoms with van der Waals surface area (Å²) in [5, 5.41) is 18.4. The predicted molar refractivity (Wildman–Crippen MR) is 93.9 cm³/mol. The molecular weight excluding hydrogens is 407 g/mol. The lowest BCUT2D eigenvalue weighted by molar-refractivity contribution is 0.104. The number of benzene rings is 1. The summed E-state index contributed by atoms with van der Waals surface area (Å²) in [6.45, 7) is 0. The summed E-state index contributed by atoms with van der Waals surface area (Å²) in [5.74, 6) is -0.142. The summed E-state index contributed by atoms with van der Waals surface area (Å²) in [4.78, 5) is 13.6. The second kappa shape index (κ2) is 5.88. The topological polar surface area (TPSA) is 64.7 Å². The molecular formula is C17H7IN2OS. The molecule has 1 aliphatic carbocycles. The van der Waals surface area contributed by atoms with Crippen molar-refractivity contribution in [3.8, 4) is 12.1 Å². The van der Waals surface area contributed by atoms with Gasteiger partial charge in [-0.2, -0.15) is 10.5 Å². The van der Waals surface area contributed by atoms with Gasteiger partial charge in [-0.05, 0) is 46.4 Å².